The fraction of sp³-hybridized carbons (Fsp3) is 0.500. The van der Waals surface area contributed by atoms with E-state index in [-0.39, 0.29) is 30.0 Å². The molecular weight excluding hydrogens is 374 g/mol. The van der Waals surface area contributed by atoms with Crippen LogP contribution >= 0.6 is 11.8 Å². The molecule has 0 saturated heterocycles. The van der Waals surface area contributed by atoms with E-state index in [4.69, 9.17) is 0 Å². The molecule has 146 valence electrons. The third-order valence-corrected chi connectivity index (χ3v) is 6.43. The molecule has 1 atom stereocenters. The van der Waals surface area contributed by atoms with E-state index in [1.165, 1.54) is 37.4 Å². The van der Waals surface area contributed by atoms with E-state index in [0.717, 1.165) is 16.7 Å². The molecule has 1 aliphatic heterocycles. The van der Waals surface area contributed by atoms with E-state index in [0.29, 0.717) is 17.6 Å². The van der Waals surface area contributed by atoms with Crippen LogP contribution in [0, 0.1) is 0 Å². The van der Waals surface area contributed by atoms with Gasteiger partial charge in [0.1, 0.15) is 5.82 Å². The van der Waals surface area contributed by atoms with E-state index < -0.39 is 0 Å². The molecule has 1 aromatic carbocycles. The third-order valence-electron chi connectivity index (χ3n) is 5.50. The Labute approximate surface area is 167 Å². The second kappa shape index (κ2) is 6.92. The van der Waals surface area contributed by atoms with Crippen LogP contribution in [0.3, 0.4) is 0 Å². The lowest BCUT2D eigenvalue weighted by Gasteiger charge is -2.27. The van der Waals surface area contributed by atoms with Gasteiger partial charge in [-0.15, -0.1) is 10.2 Å². The number of nitrogens with one attached hydrogen (secondary N) is 1. The van der Waals surface area contributed by atoms with Crippen molar-refractivity contribution in [1.29, 1.82) is 0 Å². The molecule has 8 heteroatoms. The molecular formula is C20H23N5O2S. The summed E-state index contributed by atoms with van der Waals surface area (Å²) in [5.41, 5.74) is 1.45. The monoisotopic (exact) mass is 397 g/mol. The van der Waals surface area contributed by atoms with Gasteiger partial charge in [-0.3, -0.25) is 9.59 Å². The number of para-hydroxylation sites is 2. The average Bonchev–Trinajstić information content (AvgIpc) is 3.59. The fourth-order valence-corrected chi connectivity index (χ4v) is 4.72. The lowest BCUT2D eigenvalue weighted by atomic mass is 10.2. The normalized spacial score (nSPS) is 21.8. The number of amides is 2. The van der Waals surface area contributed by atoms with Crippen LogP contribution in [0.15, 0.2) is 29.4 Å². The van der Waals surface area contributed by atoms with Crippen molar-refractivity contribution >= 4 is 35.0 Å². The van der Waals surface area contributed by atoms with Gasteiger partial charge in [-0.2, -0.15) is 0 Å². The summed E-state index contributed by atoms with van der Waals surface area (Å²) in [5, 5.41) is 12.6. The predicted molar refractivity (Wildman–Crippen MR) is 108 cm³/mol. The molecule has 28 heavy (non-hydrogen) atoms. The van der Waals surface area contributed by atoms with Gasteiger partial charge >= 0.3 is 0 Å². The summed E-state index contributed by atoms with van der Waals surface area (Å²) in [6, 6.07) is 7.79. The molecule has 0 radical (unpaired) electrons. The standard InChI is InChI=1S/C20H23N5O2S/c1-12-10-17(26)21-15-4-2-3-5-16(15)24(12)18(27)11-28-20-23-22-19(13-6-7-13)25(20)14-8-9-14/h2-5,12-14H,6-11H2,1H3,(H,21,26)/t12-/m0/s1. The molecule has 2 amide bonds. The van der Waals surface area contributed by atoms with Gasteiger partial charge in [0, 0.05) is 24.4 Å². The van der Waals surface area contributed by atoms with Crippen LogP contribution in [0.5, 0.6) is 0 Å². The number of hydrogen-bond acceptors (Lipinski definition) is 5. The molecule has 2 heterocycles. The number of anilines is 2. The SMILES string of the molecule is C[C@H]1CC(=O)Nc2ccccc2N1C(=O)CSc1nnc(C2CC2)n1C1CC1. The van der Waals surface area contributed by atoms with Gasteiger partial charge in [-0.25, -0.2) is 0 Å². The number of rotatable bonds is 5. The highest BCUT2D eigenvalue weighted by Crippen LogP contribution is 2.46. The quantitative estimate of drug-likeness (QED) is 0.783. The minimum absolute atomic E-state index is 0.0141. The van der Waals surface area contributed by atoms with Crippen molar-refractivity contribution in [3.63, 3.8) is 0 Å². The second-order valence-corrected chi connectivity index (χ2v) is 8.83. The van der Waals surface area contributed by atoms with Crippen LogP contribution in [-0.2, 0) is 9.59 Å². The Morgan fingerprint density at radius 1 is 1.21 bits per heavy atom. The topological polar surface area (TPSA) is 80.1 Å². The van der Waals surface area contributed by atoms with Crippen molar-refractivity contribution in [2.75, 3.05) is 16.0 Å². The zero-order valence-corrected chi connectivity index (χ0v) is 16.6. The van der Waals surface area contributed by atoms with Gasteiger partial charge in [-0.1, -0.05) is 23.9 Å². The Morgan fingerprint density at radius 2 is 2.00 bits per heavy atom. The molecule has 3 aliphatic rings. The molecule has 0 unspecified atom stereocenters. The Kier molecular flexibility index (Phi) is 4.38. The minimum Gasteiger partial charge on any atom is -0.324 e. The summed E-state index contributed by atoms with van der Waals surface area (Å²) in [7, 11) is 0. The van der Waals surface area contributed by atoms with Crippen molar-refractivity contribution in [2.45, 2.75) is 62.2 Å². The summed E-state index contributed by atoms with van der Waals surface area (Å²) in [6.45, 7) is 1.92. The Hall–Kier alpha value is -2.35. The van der Waals surface area contributed by atoms with E-state index in [1.54, 1.807) is 4.90 Å². The van der Waals surface area contributed by atoms with Crippen molar-refractivity contribution in [2.24, 2.45) is 0 Å². The van der Waals surface area contributed by atoms with Gasteiger partial charge in [0.15, 0.2) is 5.16 Å². The maximum absolute atomic E-state index is 13.2. The smallest absolute Gasteiger partial charge is 0.237 e. The number of carbonyl (C=O) groups excluding carboxylic acids is 2. The number of thioether (sulfide) groups is 1. The molecule has 2 aliphatic carbocycles. The highest BCUT2D eigenvalue weighted by molar-refractivity contribution is 7.99. The summed E-state index contributed by atoms with van der Waals surface area (Å²) >= 11 is 1.46. The second-order valence-electron chi connectivity index (χ2n) is 7.89. The maximum atomic E-state index is 13.2. The van der Waals surface area contributed by atoms with Crippen LogP contribution < -0.4 is 10.2 Å². The van der Waals surface area contributed by atoms with Crippen molar-refractivity contribution in [1.82, 2.24) is 14.8 Å². The van der Waals surface area contributed by atoms with Crippen molar-refractivity contribution in [3.05, 3.63) is 30.1 Å². The Morgan fingerprint density at radius 3 is 2.75 bits per heavy atom. The highest BCUT2D eigenvalue weighted by atomic mass is 32.2. The van der Waals surface area contributed by atoms with Crippen LogP contribution in [0.4, 0.5) is 11.4 Å². The van der Waals surface area contributed by atoms with Crippen LogP contribution in [0.1, 0.15) is 56.8 Å². The molecule has 2 fully saturated rings. The molecule has 5 rings (SSSR count). The van der Waals surface area contributed by atoms with Crippen LogP contribution in [-0.4, -0.2) is 38.4 Å². The molecule has 0 spiro atoms. The summed E-state index contributed by atoms with van der Waals surface area (Å²) in [6.07, 6.45) is 5.01. The molecule has 1 N–H and O–H groups in total. The number of nitrogens with zero attached hydrogens (tertiary/aromatic N) is 4. The lowest BCUT2D eigenvalue weighted by molar-refractivity contribution is -0.117. The lowest BCUT2D eigenvalue weighted by Crippen LogP contribution is -2.40. The highest BCUT2D eigenvalue weighted by Gasteiger charge is 2.37. The van der Waals surface area contributed by atoms with Gasteiger partial charge < -0.3 is 14.8 Å². The van der Waals surface area contributed by atoms with Crippen molar-refractivity contribution < 1.29 is 9.59 Å². The Balaban J connectivity index is 1.36. The minimum atomic E-state index is -0.194. The number of fused-ring (bicyclic) bond motifs is 1. The van der Waals surface area contributed by atoms with Gasteiger partial charge in [0.2, 0.25) is 11.8 Å². The molecule has 2 aromatic rings. The first kappa shape index (κ1) is 17.7. The summed E-state index contributed by atoms with van der Waals surface area (Å²) < 4.78 is 2.26. The zero-order valence-electron chi connectivity index (χ0n) is 15.8. The first-order valence-corrected chi connectivity index (χ1v) is 10.9. The Bertz CT molecular complexity index is 934. The number of hydrogen-bond donors (Lipinski definition) is 1. The average molecular weight is 398 g/mol. The number of benzene rings is 1. The predicted octanol–water partition coefficient (Wildman–Crippen LogP) is 3.35. The maximum Gasteiger partial charge on any atom is 0.237 e. The summed E-state index contributed by atoms with van der Waals surface area (Å²) in [4.78, 5) is 27.0. The summed E-state index contributed by atoms with van der Waals surface area (Å²) in [5.74, 6) is 1.85. The number of carbonyl (C=O) groups is 2. The molecule has 1 aromatic heterocycles. The molecule has 2 saturated carbocycles. The first-order chi connectivity index (χ1) is 13.6. The van der Waals surface area contributed by atoms with E-state index in [1.807, 2.05) is 31.2 Å². The van der Waals surface area contributed by atoms with Gasteiger partial charge in [-0.05, 0) is 44.7 Å². The van der Waals surface area contributed by atoms with E-state index in [9.17, 15) is 9.59 Å². The third kappa shape index (κ3) is 3.30. The first-order valence-electron chi connectivity index (χ1n) is 9.90. The molecule has 7 nitrogen and oxygen atoms in total. The largest absolute Gasteiger partial charge is 0.324 e. The molecule has 0 bridgehead atoms. The van der Waals surface area contributed by atoms with Crippen LogP contribution in [0.2, 0.25) is 0 Å². The van der Waals surface area contributed by atoms with Gasteiger partial charge in [0.05, 0.1) is 17.1 Å². The zero-order chi connectivity index (χ0) is 19.3. The van der Waals surface area contributed by atoms with Crippen molar-refractivity contribution in [3.8, 4) is 0 Å². The van der Waals surface area contributed by atoms with E-state index >= 15 is 0 Å². The van der Waals surface area contributed by atoms with E-state index in [2.05, 4.69) is 20.1 Å². The fourth-order valence-electron chi connectivity index (χ4n) is 3.85. The van der Waals surface area contributed by atoms with Gasteiger partial charge in [0.25, 0.3) is 0 Å². The van der Waals surface area contributed by atoms with Crippen LogP contribution in [0.25, 0.3) is 0 Å². The number of aromatic nitrogens is 3.